The van der Waals surface area contributed by atoms with Crippen molar-refractivity contribution >= 4 is 30.7 Å². The quantitative estimate of drug-likeness (QED) is 0.836. The predicted molar refractivity (Wildman–Crippen MR) is 90.5 cm³/mol. The van der Waals surface area contributed by atoms with Gasteiger partial charge in [-0.15, -0.1) is 24.8 Å². The van der Waals surface area contributed by atoms with Crippen LogP contribution in [0.4, 0.5) is 0 Å². The van der Waals surface area contributed by atoms with Crippen LogP contribution in [-0.2, 0) is 4.79 Å². The van der Waals surface area contributed by atoms with Gasteiger partial charge in [0, 0.05) is 25.0 Å². The molecule has 3 heterocycles. The summed E-state index contributed by atoms with van der Waals surface area (Å²) in [5.41, 5.74) is 0. The third kappa shape index (κ3) is 4.72. The maximum absolute atomic E-state index is 12.6. The molecule has 1 atom stereocenters. The maximum atomic E-state index is 12.6. The Morgan fingerprint density at radius 2 is 1.57 bits per heavy atom. The molecule has 0 aromatic carbocycles. The third-order valence-electron chi connectivity index (χ3n) is 5.05. The van der Waals surface area contributed by atoms with Crippen LogP contribution in [0.2, 0.25) is 0 Å². The minimum atomic E-state index is 0. The number of nitrogens with zero attached hydrogens (tertiary/aromatic N) is 2. The highest BCUT2D eigenvalue weighted by molar-refractivity contribution is 5.85. The fourth-order valence-electron chi connectivity index (χ4n) is 3.89. The fraction of sp³-hybridized carbons (Fsp3) is 0.933. The monoisotopic (exact) mass is 337 g/mol. The van der Waals surface area contributed by atoms with Crippen LogP contribution in [0.1, 0.15) is 38.5 Å². The first-order chi connectivity index (χ1) is 9.34. The summed E-state index contributed by atoms with van der Waals surface area (Å²) >= 11 is 0. The highest BCUT2D eigenvalue weighted by Crippen LogP contribution is 2.23. The molecular weight excluding hydrogens is 309 g/mol. The normalized spacial score (nSPS) is 27.8. The predicted octanol–water partition coefficient (Wildman–Crippen LogP) is 1.92. The molecule has 3 saturated heterocycles. The van der Waals surface area contributed by atoms with E-state index in [9.17, 15) is 4.79 Å². The topological polar surface area (TPSA) is 35.6 Å². The zero-order chi connectivity index (χ0) is 13.1. The molecule has 0 saturated carbocycles. The highest BCUT2D eigenvalue weighted by atomic mass is 35.5. The smallest absolute Gasteiger partial charge is 0.225 e. The van der Waals surface area contributed by atoms with Crippen molar-refractivity contribution in [2.45, 2.75) is 44.6 Å². The SMILES string of the molecule is Cl.Cl.O=C(C1CCNCC1)N1CCCC(N2CCCC2)C1. The van der Waals surface area contributed by atoms with Crippen molar-refractivity contribution in [3.63, 3.8) is 0 Å². The van der Waals surface area contributed by atoms with Crippen LogP contribution < -0.4 is 5.32 Å². The average Bonchev–Trinajstić information content (AvgIpc) is 3.02. The van der Waals surface area contributed by atoms with Crippen molar-refractivity contribution in [1.29, 1.82) is 0 Å². The molecule has 1 N–H and O–H groups in total. The molecule has 0 spiro atoms. The summed E-state index contributed by atoms with van der Waals surface area (Å²) in [6.07, 6.45) is 7.23. The summed E-state index contributed by atoms with van der Waals surface area (Å²) in [6.45, 7) is 6.51. The van der Waals surface area contributed by atoms with E-state index < -0.39 is 0 Å². The van der Waals surface area contributed by atoms with E-state index in [0.29, 0.717) is 17.9 Å². The van der Waals surface area contributed by atoms with E-state index in [4.69, 9.17) is 0 Å². The second kappa shape index (κ2) is 9.19. The number of amides is 1. The van der Waals surface area contributed by atoms with Gasteiger partial charge in [0.25, 0.3) is 0 Å². The van der Waals surface area contributed by atoms with Gasteiger partial charge in [0.2, 0.25) is 5.91 Å². The minimum absolute atomic E-state index is 0. The van der Waals surface area contributed by atoms with Crippen molar-refractivity contribution in [2.24, 2.45) is 5.92 Å². The van der Waals surface area contributed by atoms with Crippen molar-refractivity contribution < 1.29 is 4.79 Å². The number of hydrogen-bond donors (Lipinski definition) is 1. The molecule has 6 heteroatoms. The summed E-state index contributed by atoms with van der Waals surface area (Å²) in [6, 6.07) is 0.641. The van der Waals surface area contributed by atoms with Gasteiger partial charge in [-0.2, -0.15) is 0 Å². The Bertz CT molecular complexity index is 318. The van der Waals surface area contributed by atoms with Crippen LogP contribution in [0.15, 0.2) is 0 Å². The molecule has 0 bridgehead atoms. The zero-order valence-corrected chi connectivity index (χ0v) is 14.4. The molecule has 0 aromatic heterocycles. The van der Waals surface area contributed by atoms with Gasteiger partial charge >= 0.3 is 0 Å². The third-order valence-corrected chi connectivity index (χ3v) is 5.05. The van der Waals surface area contributed by atoms with E-state index in [1.54, 1.807) is 0 Å². The molecule has 4 nitrogen and oxygen atoms in total. The first-order valence-electron chi connectivity index (χ1n) is 8.08. The van der Waals surface area contributed by atoms with Gasteiger partial charge < -0.3 is 10.2 Å². The Morgan fingerprint density at radius 1 is 0.905 bits per heavy atom. The molecule has 21 heavy (non-hydrogen) atoms. The standard InChI is InChI=1S/C15H27N3O.2ClH/c19-15(13-5-7-16-8-6-13)18-11-3-4-14(12-18)17-9-1-2-10-17;;/h13-14,16H,1-12H2;2*1H. The number of rotatable bonds is 2. The van der Waals surface area contributed by atoms with E-state index >= 15 is 0 Å². The maximum Gasteiger partial charge on any atom is 0.225 e. The Balaban J connectivity index is 0.00000110. The summed E-state index contributed by atoms with van der Waals surface area (Å²) in [7, 11) is 0. The molecule has 0 aromatic rings. The van der Waals surface area contributed by atoms with Crippen LogP contribution in [0.5, 0.6) is 0 Å². The van der Waals surface area contributed by atoms with E-state index in [2.05, 4.69) is 15.1 Å². The summed E-state index contributed by atoms with van der Waals surface area (Å²) in [4.78, 5) is 17.4. The summed E-state index contributed by atoms with van der Waals surface area (Å²) < 4.78 is 0. The van der Waals surface area contributed by atoms with E-state index in [1.807, 2.05) is 0 Å². The van der Waals surface area contributed by atoms with Gasteiger partial charge in [-0.25, -0.2) is 0 Å². The van der Waals surface area contributed by atoms with Crippen molar-refractivity contribution in [1.82, 2.24) is 15.1 Å². The second-order valence-electron chi connectivity index (χ2n) is 6.35. The molecule has 0 radical (unpaired) electrons. The Hall–Kier alpha value is -0.0300. The number of hydrogen-bond acceptors (Lipinski definition) is 3. The van der Waals surface area contributed by atoms with Gasteiger partial charge in [-0.1, -0.05) is 0 Å². The Labute approximate surface area is 140 Å². The lowest BCUT2D eigenvalue weighted by molar-refractivity contribution is -0.138. The van der Waals surface area contributed by atoms with E-state index in [-0.39, 0.29) is 24.8 Å². The average molecular weight is 338 g/mol. The van der Waals surface area contributed by atoms with Gasteiger partial charge in [0.05, 0.1) is 0 Å². The Kier molecular flexibility index (Phi) is 8.32. The van der Waals surface area contributed by atoms with Gasteiger partial charge in [0.1, 0.15) is 0 Å². The van der Waals surface area contributed by atoms with Crippen LogP contribution in [0.3, 0.4) is 0 Å². The molecular formula is C15H29Cl2N3O. The molecule has 124 valence electrons. The van der Waals surface area contributed by atoms with Gasteiger partial charge in [-0.05, 0) is 64.7 Å². The van der Waals surface area contributed by atoms with Crippen LogP contribution in [-0.4, -0.2) is 61.0 Å². The lowest BCUT2D eigenvalue weighted by Gasteiger charge is -2.39. The largest absolute Gasteiger partial charge is 0.341 e. The number of nitrogens with one attached hydrogen (secondary N) is 1. The molecule has 3 fully saturated rings. The number of halogens is 2. The fourth-order valence-corrected chi connectivity index (χ4v) is 3.89. The molecule has 1 amide bonds. The molecule has 0 aliphatic carbocycles. The van der Waals surface area contributed by atoms with Crippen molar-refractivity contribution in [3.8, 4) is 0 Å². The summed E-state index contributed by atoms with van der Waals surface area (Å²) in [5.74, 6) is 0.726. The highest BCUT2D eigenvalue weighted by Gasteiger charge is 2.32. The van der Waals surface area contributed by atoms with E-state index in [0.717, 1.165) is 39.0 Å². The lowest BCUT2D eigenvalue weighted by atomic mass is 9.94. The number of piperidine rings is 2. The summed E-state index contributed by atoms with van der Waals surface area (Å²) in [5, 5.41) is 3.35. The molecule has 3 aliphatic heterocycles. The first kappa shape index (κ1) is 19.0. The minimum Gasteiger partial charge on any atom is -0.341 e. The lowest BCUT2D eigenvalue weighted by Crippen LogP contribution is -2.51. The first-order valence-corrected chi connectivity index (χ1v) is 8.08. The van der Waals surface area contributed by atoms with Crippen LogP contribution in [0.25, 0.3) is 0 Å². The van der Waals surface area contributed by atoms with Gasteiger partial charge in [-0.3, -0.25) is 9.69 Å². The van der Waals surface area contributed by atoms with Crippen molar-refractivity contribution in [2.75, 3.05) is 39.3 Å². The molecule has 3 aliphatic rings. The van der Waals surface area contributed by atoms with Crippen LogP contribution >= 0.6 is 24.8 Å². The number of carbonyl (C=O) groups excluding carboxylic acids is 1. The Morgan fingerprint density at radius 3 is 2.24 bits per heavy atom. The number of likely N-dealkylation sites (tertiary alicyclic amines) is 2. The van der Waals surface area contributed by atoms with E-state index in [1.165, 1.54) is 38.8 Å². The molecule has 1 unspecified atom stereocenters. The number of carbonyl (C=O) groups is 1. The van der Waals surface area contributed by atoms with Gasteiger partial charge in [0.15, 0.2) is 0 Å². The zero-order valence-electron chi connectivity index (χ0n) is 12.8. The van der Waals surface area contributed by atoms with Crippen LogP contribution in [0, 0.1) is 5.92 Å². The van der Waals surface area contributed by atoms with Crippen molar-refractivity contribution in [3.05, 3.63) is 0 Å². The second-order valence-corrected chi connectivity index (χ2v) is 6.35. The molecule has 3 rings (SSSR count).